The number of rotatable bonds is 8. The Morgan fingerprint density at radius 2 is 1.41 bits per heavy atom. The number of unbranched alkanes of at least 4 members (excludes halogenated alkanes) is 3. The van der Waals surface area contributed by atoms with E-state index in [1.807, 2.05) is 0 Å². The molecule has 0 bridgehead atoms. The van der Waals surface area contributed by atoms with Gasteiger partial charge in [-0.25, -0.2) is 17.6 Å². The molecule has 0 amide bonds. The minimum Gasteiger partial charge on any atom is -0.491 e. The highest BCUT2D eigenvalue weighted by Crippen LogP contribution is 2.49. The topological polar surface area (TPSA) is 9.23 Å². The van der Waals surface area contributed by atoms with E-state index >= 15 is 8.78 Å². The molecule has 2 fully saturated rings. The molecule has 0 spiro atoms. The average Bonchev–Trinajstić information content (AvgIpc) is 2.81. The van der Waals surface area contributed by atoms with Crippen LogP contribution in [-0.2, 0) is 0 Å². The summed E-state index contributed by atoms with van der Waals surface area (Å²) in [5.74, 6) is -1.76. The molecule has 34 heavy (non-hydrogen) atoms. The van der Waals surface area contributed by atoms with E-state index < -0.39 is 34.6 Å². The first-order valence-electron chi connectivity index (χ1n) is 12.9. The van der Waals surface area contributed by atoms with Crippen LogP contribution in [0.15, 0.2) is 24.3 Å². The normalized spacial score (nSPS) is 24.6. The molecular formula is C29H36F4O. The van der Waals surface area contributed by atoms with Crippen molar-refractivity contribution in [2.45, 2.75) is 83.5 Å². The third-order valence-corrected chi connectivity index (χ3v) is 8.21. The number of benzene rings is 2. The van der Waals surface area contributed by atoms with E-state index in [0.29, 0.717) is 11.5 Å². The highest BCUT2D eigenvalue weighted by Gasteiger charge is 2.36. The Hall–Kier alpha value is -2.04. The minimum absolute atomic E-state index is 0.129. The van der Waals surface area contributed by atoms with Gasteiger partial charge in [0.2, 0.25) is 0 Å². The van der Waals surface area contributed by atoms with Gasteiger partial charge in [0.05, 0.1) is 12.7 Å². The minimum atomic E-state index is -0.986. The highest BCUT2D eigenvalue weighted by atomic mass is 19.1. The summed E-state index contributed by atoms with van der Waals surface area (Å²) in [6.07, 6.45) is 13.4. The fraction of sp³-hybridized carbons (Fsp3) is 0.586. The first-order chi connectivity index (χ1) is 16.4. The van der Waals surface area contributed by atoms with Gasteiger partial charge >= 0.3 is 0 Å². The van der Waals surface area contributed by atoms with Gasteiger partial charge in [0, 0.05) is 0 Å². The van der Waals surface area contributed by atoms with Crippen LogP contribution >= 0.6 is 0 Å². The van der Waals surface area contributed by atoms with Crippen LogP contribution in [0.25, 0.3) is 11.1 Å². The van der Waals surface area contributed by atoms with E-state index in [9.17, 15) is 8.78 Å². The summed E-state index contributed by atoms with van der Waals surface area (Å²) in [6.45, 7) is 2.24. The fourth-order valence-electron chi connectivity index (χ4n) is 6.41. The molecule has 0 saturated heterocycles. The van der Waals surface area contributed by atoms with Gasteiger partial charge in [-0.3, -0.25) is 0 Å². The van der Waals surface area contributed by atoms with Crippen molar-refractivity contribution < 1.29 is 22.3 Å². The summed E-state index contributed by atoms with van der Waals surface area (Å²) < 4.78 is 63.0. The van der Waals surface area contributed by atoms with Crippen LogP contribution in [0, 0.1) is 41.0 Å². The highest BCUT2D eigenvalue weighted by molar-refractivity contribution is 5.66. The van der Waals surface area contributed by atoms with Gasteiger partial charge in [0.15, 0.2) is 17.4 Å². The second-order valence-electron chi connectivity index (χ2n) is 10.4. The Morgan fingerprint density at radius 1 is 0.765 bits per heavy atom. The van der Waals surface area contributed by atoms with Crippen molar-refractivity contribution >= 4 is 0 Å². The van der Waals surface area contributed by atoms with Crippen molar-refractivity contribution in [1.29, 1.82) is 0 Å². The molecular weight excluding hydrogens is 440 g/mol. The van der Waals surface area contributed by atoms with Crippen molar-refractivity contribution in [3.63, 3.8) is 0 Å². The van der Waals surface area contributed by atoms with Crippen LogP contribution in [0.2, 0.25) is 0 Å². The van der Waals surface area contributed by atoms with E-state index in [1.54, 1.807) is 0 Å². The van der Waals surface area contributed by atoms with E-state index in [-0.39, 0.29) is 11.5 Å². The Bertz CT molecular complexity index is 942. The van der Waals surface area contributed by atoms with E-state index in [4.69, 9.17) is 0 Å². The third kappa shape index (κ3) is 5.44. The van der Waals surface area contributed by atoms with E-state index in [0.717, 1.165) is 50.3 Å². The molecule has 0 aliphatic heterocycles. The lowest BCUT2D eigenvalue weighted by atomic mass is 9.63. The maximum absolute atomic E-state index is 15.0. The molecule has 0 N–H and O–H groups in total. The van der Waals surface area contributed by atoms with Gasteiger partial charge < -0.3 is 4.74 Å². The molecule has 2 aromatic rings. The monoisotopic (exact) mass is 476 g/mol. The van der Waals surface area contributed by atoms with Crippen LogP contribution in [0.3, 0.4) is 0 Å². The molecule has 4 rings (SSSR count). The van der Waals surface area contributed by atoms with E-state index in [2.05, 4.69) is 11.7 Å². The summed E-state index contributed by atoms with van der Waals surface area (Å²) in [5, 5.41) is 0. The third-order valence-electron chi connectivity index (χ3n) is 8.21. The molecule has 1 nitrogen and oxygen atoms in total. The van der Waals surface area contributed by atoms with Crippen molar-refractivity contribution in [3.05, 3.63) is 53.1 Å². The lowest BCUT2D eigenvalue weighted by Gasteiger charge is -2.42. The van der Waals surface area contributed by atoms with Gasteiger partial charge in [0.1, 0.15) is 11.6 Å². The maximum atomic E-state index is 15.0. The van der Waals surface area contributed by atoms with E-state index in [1.165, 1.54) is 63.5 Å². The van der Waals surface area contributed by atoms with Gasteiger partial charge in [-0.15, -0.1) is 0 Å². The summed E-state index contributed by atoms with van der Waals surface area (Å²) in [7, 11) is 1.14. The second-order valence-corrected chi connectivity index (χ2v) is 10.4. The van der Waals surface area contributed by atoms with Crippen molar-refractivity contribution in [2.75, 3.05) is 7.11 Å². The Labute approximate surface area is 200 Å². The Morgan fingerprint density at radius 3 is 2.06 bits per heavy atom. The van der Waals surface area contributed by atoms with Gasteiger partial charge in [-0.1, -0.05) is 45.4 Å². The smallest absolute Gasteiger partial charge is 0.190 e. The molecule has 4 atom stereocenters. The molecule has 0 radical (unpaired) electrons. The predicted molar refractivity (Wildman–Crippen MR) is 128 cm³/mol. The Kier molecular flexibility index (Phi) is 8.21. The SMILES string of the molecule is CCCCCCC1CC[C@@H]2C[C@H](c3cc(F)c(-c4cc(F)c(OC)c(F)c4)c(F)c3)CC[C@@H]2C1. The zero-order valence-corrected chi connectivity index (χ0v) is 20.3. The molecule has 0 aromatic heterocycles. The molecule has 186 valence electrons. The molecule has 0 heterocycles. The average molecular weight is 477 g/mol. The standard InChI is InChI=1S/C29H36F4O/c1-3-4-5-6-7-18-8-9-20-13-21(11-10-19(20)12-18)22-14-24(30)28(25(31)15-22)23-16-26(32)29(34-2)27(33)17-23/h14-21H,3-13H2,1-2H3/t18?,19-,20-,21-/m1/s1. The van der Waals surface area contributed by atoms with Crippen molar-refractivity contribution in [3.8, 4) is 16.9 Å². The number of methoxy groups -OCH3 is 1. The van der Waals surface area contributed by atoms with Gasteiger partial charge in [-0.05, 0) is 91.2 Å². The number of hydrogen-bond acceptors (Lipinski definition) is 1. The molecule has 2 aliphatic rings. The van der Waals surface area contributed by atoms with Gasteiger partial charge in [0.25, 0.3) is 0 Å². The zero-order valence-electron chi connectivity index (χ0n) is 20.3. The number of hydrogen-bond donors (Lipinski definition) is 0. The van der Waals surface area contributed by atoms with Crippen molar-refractivity contribution in [1.82, 2.24) is 0 Å². The zero-order chi connectivity index (χ0) is 24.2. The molecule has 2 aromatic carbocycles. The first kappa shape index (κ1) is 25.1. The molecule has 5 heteroatoms. The quantitative estimate of drug-likeness (QED) is 0.273. The molecule has 2 saturated carbocycles. The van der Waals surface area contributed by atoms with Crippen LogP contribution < -0.4 is 4.74 Å². The summed E-state index contributed by atoms with van der Waals surface area (Å²) in [6, 6.07) is 4.55. The van der Waals surface area contributed by atoms with Crippen molar-refractivity contribution in [2.24, 2.45) is 17.8 Å². The first-order valence-corrected chi connectivity index (χ1v) is 12.9. The maximum Gasteiger partial charge on any atom is 0.190 e. The van der Waals surface area contributed by atoms with Gasteiger partial charge in [-0.2, -0.15) is 0 Å². The fourth-order valence-corrected chi connectivity index (χ4v) is 6.41. The summed E-state index contributed by atoms with van der Waals surface area (Å²) in [5.41, 5.74) is 0.0909. The predicted octanol–water partition coefficient (Wildman–Crippen LogP) is 9.19. The number of fused-ring (bicyclic) bond motifs is 1. The van der Waals surface area contributed by atoms with Crippen LogP contribution in [0.4, 0.5) is 17.6 Å². The Balaban J connectivity index is 1.44. The lowest BCUT2D eigenvalue weighted by Crippen LogP contribution is -2.30. The van der Waals surface area contributed by atoms with Crippen LogP contribution in [0.1, 0.15) is 89.0 Å². The number of ether oxygens (including phenoxy) is 1. The lowest BCUT2D eigenvalue weighted by molar-refractivity contribution is 0.113. The summed E-state index contributed by atoms with van der Waals surface area (Å²) in [4.78, 5) is 0. The number of halogens is 4. The second kappa shape index (κ2) is 11.1. The largest absolute Gasteiger partial charge is 0.491 e. The molecule has 2 aliphatic carbocycles. The molecule has 1 unspecified atom stereocenters. The van der Waals surface area contributed by atoms with Crippen LogP contribution in [-0.4, -0.2) is 7.11 Å². The summed E-state index contributed by atoms with van der Waals surface area (Å²) >= 11 is 0. The van der Waals surface area contributed by atoms with Crippen LogP contribution in [0.5, 0.6) is 5.75 Å².